The first-order valence-electron chi connectivity index (χ1n) is 0.849. The molecule has 0 saturated carbocycles. The van der Waals surface area contributed by atoms with Gasteiger partial charge in [0, 0.05) is 0 Å². The van der Waals surface area contributed by atoms with Gasteiger partial charge in [-0.1, -0.05) is 8.89 Å². The minimum Gasteiger partial charge on any atom is -0.233 e. The second-order valence-corrected chi connectivity index (χ2v) is 1.45. The Morgan fingerprint density at radius 2 is 1.67 bits per heavy atom. The summed E-state index contributed by atoms with van der Waals surface area (Å²) >= 11 is 0. The highest BCUT2D eigenvalue weighted by Gasteiger charge is 2.01. The lowest BCUT2D eigenvalue weighted by atomic mass is 15.0. The summed E-state index contributed by atoms with van der Waals surface area (Å²) in [5.41, 5.74) is 0. The van der Waals surface area contributed by atoms with Gasteiger partial charge < -0.3 is 0 Å². The van der Waals surface area contributed by atoms with E-state index in [1.165, 1.54) is 0 Å². The van der Waals surface area contributed by atoms with E-state index < -0.39 is 10.4 Å². The van der Waals surface area contributed by atoms with E-state index in [2.05, 4.69) is 4.33 Å². The predicted octanol–water partition coefficient (Wildman–Crippen LogP) is -0.849. The van der Waals surface area contributed by atoms with Crippen LogP contribution >= 0.6 is 0 Å². The lowest BCUT2D eigenvalue weighted by Gasteiger charge is -1.75. The van der Waals surface area contributed by atoms with Crippen molar-refractivity contribution in [2.75, 3.05) is 0 Å². The van der Waals surface area contributed by atoms with E-state index in [-0.39, 0.29) is 0 Å². The Hall–Kier alpha value is -0.170. The molecule has 0 aromatic heterocycles. The lowest BCUT2D eigenvalue weighted by Crippen LogP contribution is -1.95. The molecule has 0 aliphatic rings. The molecule has 0 aromatic rings. The summed E-state index contributed by atoms with van der Waals surface area (Å²) < 4.78 is 29.3. The van der Waals surface area contributed by atoms with E-state index in [1.807, 2.05) is 0 Å². The second-order valence-electron chi connectivity index (χ2n) is 0.483. The Kier molecular flexibility index (Phi) is 1.48. The zero-order valence-corrected chi connectivity index (χ0v) is 3.30. The molecule has 0 spiro atoms. The molecule has 6 heteroatoms. The number of hydrogen-bond donors (Lipinski definition) is 1. The topological polar surface area (TPSA) is 83.5 Å². The largest absolute Gasteiger partial charge is 0.454 e. The molecule has 0 rings (SSSR count). The van der Waals surface area contributed by atoms with Gasteiger partial charge in [0.05, 0.1) is 0 Å². The Morgan fingerprint density at radius 1 is 1.50 bits per heavy atom. The van der Waals surface area contributed by atoms with Gasteiger partial charge in [0.2, 0.25) is 0 Å². The van der Waals surface area contributed by atoms with Gasteiger partial charge in [0.1, 0.15) is 0 Å². The van der Waals surface area contributed by atoms with E-state index in [0.29, 0.717) is 0 Å². The van der Waals surface area contributed by atoms with Crippen LogP contribution in [0.1, 0.15) is 0 Å². The Morgan fingerprint density at radius 3 is 1.67 bits per heavy atom. The van der Waals surface area contributed by atoms with E-state index in [4.69, 9.17) is 18.2 Å². The molecular weight excluding hydrogens is 112 g/mol. The third-order valence-electron chi connectivity index (χ3n) is 0.0913. The number of hydrogen-bond acceptors (Lipinski definition) is 4. The van der Waals surface area contributed by atoms with Crippen molar-refractivity contribution < 1.29 is 22.6 Å². The molecule has 1 N–H and O–H groups in total. The van der Waals surface area contributed by atoms with E-state index in [1.54, 1.807) is 0 Å². The van der Waals surface area contributed by atoms with Crippen LogP contribution in [0.2, 0.25) is 0 Å². The minimum atomic E-state index is -4.86. The highest BCUT2D eigenvalue weighted by Crippen LogP contribution is 1.76. The highest BCUT2D eigenvalue weighted by molar-refractivity contribution is 7.80. The van der Waals surface area contributed by atoms with E-state index >= 15 is 0 Å². The first kappa shape index (κ1) is 5.83. The summed E-state index contributed by atoms with van der Waals surface area (Å²) in [6, 6.07) is 0. The molecule has 0 atom stereocenters. The fourth-order valence-corrected chi connectivity index (χ4v) is 0. The van der Waals surface area contributed by atoms with Crippen molar-refractivity contribution in [3.63, 3.8) is 0 Å². The lowest BCUT2D eigenvalue weighted by molar-refractivity contribution is -0.142. The quantitative estimate of drug-likeness (QED) is 0.354. The van der Waals surface area contributed by atoms with Crippen LogP contribution in [0.15, 0.2) is 0 Å². The van der Waals surface area contributed by atoms with Gasteiger partial charge in [0.15, 0.2) is 0 Å². The summed E-state index contributed by atoms with van der Waals surface area (Å²) in [4.78, 5) is 0. The third-order valence-corrected chi connectivity index (χ3v) is 0.274. The molecule has 5 nitrogen and oxygen atoms in total. The van der Waals surface area contributed by atoms with Gasteiger partial charge >= 0.3 is 10.4 Å². The van der Waals surface area contributed by atoms with Gasteiger partial charge in [-0.15, -0.1) is 0 Å². The molecule has 0 unspecified atom stereocenters. The van der Waals surface area contributed by atoms with Crippen LogP contribution in [0.25, 0.3) is 0 Å². The van der Waals surface area contributed by atoms with Crippen molar-refractivity contribution in [3.8, 4) is 0 Å². The SMILES string of the molecule is [O]S(=O)(=O)OO. The van der Waals surface area contributed by atoms with Gasteiger partial charge in [-0.3, -0.25) is 0 Å². The molecule has 0 aliphatic heterocycles. The monoisotopic (exact) mass is 113 g/mol. The van der Waals surface area contributed by atoms with Crippen molar-refractivity contribution in [1.82, 2.24) is 0 Å². The molecular formula is HO5S. The molecule has 0 amide bonds. The fourth-order valence-electron chi connectivity index (χ4n) is 0. The molecule has 37 valence electrons. The molecule has 0 saturated heterocycles. The summed E-state index contributed by atoms with van der Waals surface area (Å²) in [6.07, 6.45) is 0. The average molecular weight is 113 g/mol. The molecule has 6 heavy (non-hydrogen) atoms. The van der Waals surface area contributed by atoms with Gasteiger partial charge in [-0.25, -0.2) is 5.26 Å². The Labute approximate surface area is 34.0 Å². The minimum absolute atomic E-state index is 2.35. The van der Waals surface area contributed by atoms with Crippen molar-refractivity contribution in [3.05, 3.63) is 0 Å². The van der Waals surface area contributed by atoms with Crippen molar-refractivity contribution in [2.45, 2.75) is 0 Å². The average Bonchev–Trinajstić information content (AvgIpc) is 1.35. The smallest absolute Gasteiger partial charge is 0.233 e. The summed E-state index contributed by atoms with van der Waals surface area (Å²) in [7, 11) is -4.86. The van der Waals surface area contributed by atoms with Crippen LogP contribution in [-0.4, -0.2) is 13.7 Å². The van der Waals surface area contributed by atoms with E-state index in [9.17, 15) is 0 Å². The van der Waals surface area contributed by atoms with Crippen LogP contribution in [-0.2, 0) is 19.3 Å². The maximum Gasteiger partial charge on any atom is 0.454 e. The standard InChI is InChI=1S/HO5S/c1-5-6(2,3)4/h1H. The molecule has 0 fully saturated rings. The normalized spacial score (nSPS) is 11.7. The van der Waals surface area contributed by atoms with Crippen LogP contribution in [0.5, 0.6) is 0 Å². The van der Waals surface area contributed by atoms with Crippen LogP contribution in [0, 0.1) is 0 Å². The molecule has 0 heterocycles. The maximum atomic E-state index is 8.97. The molecule has 0 aliphatic carbocycles. The molecule has 0 aromatic carbocycles. The number of rotatable bonds is 1. The van der Waals surface area contributed by atoms with Crippen molar-refractivity contribution in [1.29, 1.82) is 0 Å². The zero-order chi connectivity index (χ0) is 5.21. The van der Waals surface area contributed by atoms with Crippen LogP contribution in [0.4, 0.5) is 0 Å². The van der Waals surface area contributed by atoms with Crippen molar-refractivity contribution in [2.24, 2.45) is 0 Å². The highest BCUT2D eigenvalue weighted by atomic mass is 32.3. The first-order chi connectivity index (χ1) is 2.56. The summed E-state index contributed by atoms with van der Waals surface area (Å²) in [5.74, 6) is 0. The Balaban J connectivity index is 3.85. The zero-order valence-electron chi connectivity index (χ0n) is 2.49. The fraction of sp³-hybridized carbons (Fsp3) is 0. The summed E-state index contributed by atoms with van der Waals surface area (Å²) in [5, 5.41) is 7.00. The van der Waals surface area contributed by atoms with E-state index in [0.717, 1.165) is 0 Å². The summed E-state index contributed by atoms with van der Waals surface area (Å²) in [6.45, 7) is 0. The van der Waals surface area contributed by atoms with Gasteiger partial charge in [0.25, 0.3) is 0 Å². The van der Waals surface area contributed by atoms with Gasteiger partial charge in [-0.2, -0.15) is 8.42 Å². The van der Waals surface area contributed by atoms with Crippen LogP contribution in [0.3, 0.4) is 0 Å². The molecule has 1 radical (unpaired) electrons. The van der Waals surface area contributed by atoms with Crippen molar-refractivity contribution >= 4 is 10.4 Å². The van der Waals surface area contributed by atoms with Crippen LogP contribution < -0.4 is 0 Å². The second kappa shape index (κ2) is 1.52. The third kappa shape index (κ3) is 3.83. The maximum absolute atomic E-state index is 8.97. The van der Waals surface area contributed by atoms with Gasteiger partial charge in [-0.05, 0) is 0 Å². The molecule has 0 bridgehead atoms. The predicted molar refractivity (Wildman–Crippen MR) is 13.3 cm³/mol. The Bertz CT molecular complexity index is 106. The first-order valence-corrected chi connectivity index (χ1v) is 2.18.